The molecule has 1 N–H and O–H groups in total. The summed E-state index contributed by atoms with van der Waals surface area (Å²) < 4.78 is 0. The number of rotatable bonds is 4. The second-order valence-electron chi connectivity index (χ2n) is 5.91. The van der Waals surface area contributed by atoms with E-state index in [0.717, 1.165) is 16.9 Å². The van der Waals surface area contributed by atoms with Crippen molar-refractivity contribution in [3.05, 3.63) is 96.1 Å². The van der Waals surface area contributed by atoms with Crippen molar-refractivity contribution in [2.45, 2.75) is 13.8 Å². The van der Waals surface area contributed by atoms with Gasteiger partial charge in [-0.1, -0.05) is 78.4 Å². The number of benzene rings is 3. The van der Waals surface area contributed by atoms with E-state index in [9.17, 15) is 0 Å². The first-order valence-corrected chi connectivity index (χ1v) is 7.82. The molecule has 0 bridgehead atoms. The van der Waals surface area contributed by atoms with Crippen LogP contribution < -0.4 is 5.32 Å². The molecule has 0 heterocycles. The van der Waals surface area contributed by atoms with Gasteiger partial charge >= 0.3 is 0 Å². The summed E-state index contributed by atoms with van der Waals surface area (Å²) in [7, 11) is 0. The van der Waals surface area contributed by atoms with Gasteiger partial charge in [-0.2, -0.15) is 0 Å². The third kappa shape index (κ3) is 3.70. The number of anilines is 1. The average molecular weight is 299 g/mol. The third-order valence-electron chi connectivity index (χ3n) is 3.97. The first kappa shape index (κ1) is 15.1. The highest BCUT2D eigenvalue weighted by Crippen LogP contribution is 2.23. The topological polar surface area (TPSA) is 12.0 Å². The van der Waals surface area contributed by atoms with Gasteiger partial charge in [0.2, 0.25) is 0 Å². The van der Waals surface area contributed by atoms with Crippen LogP contribution in [0.1, 0.15) is 16.7 Å². The summed E-state index contributed by atoms with van der Waals surface area (Å²) >= 11 is 0. The van der Waals surface area contributed by atoms with E-state index in [-0.39, 0.29) is 0 Å². The van der Waals surface area contributed by atoms with Crippen molar-refractivity contribution in [2.75, 3.05) is 5.32 Å². The molecule has 3 rings (SSSR count). The molecule has 0 radical (unpaired) electrons. The quantitative estimate of drug-likeness (QED) is 0.618. The van der Waals surface area contributed by atoms with Gasteiger partial charge in [0.25, 0.3) is 0 Å². The monoisotopic (exact) mass is 299 g/mol. The van der Waals surface area contributed by atoms with Crippen LogP contribution in [0.3, 0.4) is 0 Å². The van der Waals surface area contributed by atoms with Crippen LogP contribution in [0.25, 0.3) is 16.8 Å². The normalized spacial score (nSPS) is 10.3. The van der Waals surface area contributed by atoms with E-state index in [1.807, 2.05) is 0 Å². The number of hydrogen-bond acceptors (Lipinski definition) is 1. The lowest BCUT2D eigenvalue weighted by Gasteiger charge is -2.11. The number of hydrogen-bond donors (Lipinski definition) is 1. The predicted octanol–water partition coefficient (Wildman–Crippen LogP) is 6.05. The summed E-state index contributed by atoms with van der Waals surface area (Å²) in [6.07, 6.45) is 0. The van der Waals surface area contributed by atoms with Gasteiger partial charge in [-0.05, 0) is 42.7 Å². The number of aryl methyl sites for hydroxylation is 2. The first-order chi connectivity index (χ1) is 11.1. The Bertz CT molecular complexity index is 794. The molecular weight excluding hydrogens is 278 g/mol. The summed E-state index contributed by atoms with van der Waals surface area (Å²) in [5.41, 5.74) is 8.05. The molecule has 0 unspecified atom stereocenters. The zero-order valence-corrected chi connectivity index (χ0v) is 13.6. The molecule has 0 saturated carbocycles. The van der Waals surface area contributed by atoms with Crippen molar-refractivity contribution >= 4 is 11.4 Å². The molecule has 0 amide bonds. The van der Waals surface area contributed by atoms with Gasteiger partial charge in [0.15, 0.2) is 0 Å². The summed E-state index contributed by atoms with van der Waals surface area (Å²) in [6.45, 7) is 8.34. The zero-order valence-electron chi connectivity index (χ0n) is 13.6. The van der Waals surface area contributed by atoms with E-state index in [0.29, 0.717) is 0 Å². The van der Waals surface area contributed by atoms with Gasteiger partial charge in [0, 0.05) is 11.4 Å². The Balaban J connectivity index is 1.74. The fourth-order valence-electron chi connectivity index (χ4n) is 2.49. The molecule has 0 saturated heterocycles. The lowest BCUT2D eigenvalue weighted by Crippen LogP contribution is -1.97. The molecule has 0 aliphatic heterocycles. The minimum Gasteiger partial charge on any atom is -0.356 e. The van der Waals surface area contributed by atoms with Crippen molar-refractivity contribution in [3.63, 3.8) is 0 Å². The maximum atomic E-state index is 4.15. The highest BCUT2D eigenvalue weighted by molar-refractivity contribution is 5.77. The third-order valence-corrected chi connectivity index (χ3v) is 3.97. The molecule has 1 nitrogen and oxygen atoms in total. The van der Waals surface area contributed by atoms with Crippen LogP contribution in [-0.4, -0.2) is 0 Å². The Morgan fingerprint density at radius 1 is 0.652 bits per heavy atom. The second kappa shape index (κ2) is 6.53. The minimum absolute atomic E-state index is 0.907. The van der Waals surface area contributed by atoms with E-state index in [2.05, 4.69) is 98.5 Å². The Labute approximate surface area is 138 Å². The van der Waals surface area contributed by atoms with Crippen LogP contribution in [0.15, 0.2) is 79.4 Å². The summed E-state index contributed by atoms with van der Waals surface area (Å²) in [5.74, 6) is 0. The van der Waals surface area contributed by atoms with E-state index >= 15 is 0 Å². The van der Waals surface area contributed by atoms with Crippen LogP contribution in [0, 0.1) is 13.8 Å². The van der Waals surface area contributed by atoms with Gasteiger partial charge < -0.3 is 5.32 Å². The maximum Gasteiger partial charge on any atom is 0.0384 e. The van der Waals surface area contributed by atoms with Crippen molar-refractivity contribution in [1.29, 1.82) is 0 Å². The molecule has 0 aromatic heterocycles. The van der Waals surface area contributed by atoms with Gasteiger partial charge in [-0.25, -0.2) is 0 Å². The first-order valence-electron chi connectivity index (χ1n) is 7.82. The van der Waals surface area contributed by atoms with E-state index in [1.54, 1.807) is 0 Å². The Hall–Kier alpha value is -2.80. The van der Waals surface area contributed by atoms with Gasteiger partial charge in [0.05, 0.1) is 0 Å². The number of nitrogens with one attached hydrogen (secondary N) is 1. The highest BCUT2D eigenvalue weighted by Gasteiger charge is 2.02. The highest BCUT2D eigenvalue weighted by atomic mass is 14.9. The van der Waals surface area contributed by atoms with Crippen molar-refractivity contribution in [1.82, 2.24) is 0 Å². The van der Waals surface area contributed by atoms with E-state index in [1.165, 1.54) is 22.3 Å². The van der Waals surface area contributed by atoms with E-state index in [4.69, 9.17) is 0 Å². The summed E-state index contributed by atoms with van der Waals surface area (Å²) in [4.78, 5) is 0. The Morgan fingerprint density at radius 2 is 1.09 bits per heavy atom. The molecule has 114 valence electrons. The average Bonchev–Trinajstić information content (AvgIpc) is 2.58. The molecule has 1 heteroatoms. The van der Waals surface area contributed by atoms with Crippen molar-refractivity contribution in [3.8, 4) is 11.1 Å². The van der Waals surface area contributed by atoms with Gasteiger partial charge in [-0.15, -0.1) is 0 Å². The maximum absolute atomic E-state index is 4.15. The molecule has 0 atom stereocenters. The predicted molar refractivity (Wildman–Crippen MR) is 100 cm³/mol. The lowest BCUT2D eigenvalue weighted by atomic mass is 10.0. The van der Waals surface area contributed by atoms with Crippen LogP contribution in [0.2, 0.25) is 0 Å². The molecule has 3 aromatic carbocycles. The van der Waals surface area contributed by atoms with Crippen molar-refractivity contribution < 1.29 is 0 Å². The fourth-order valence-corrected chi connectivity index (χ4v) is 2.49. The Kier molecular flexibility index (Phi) is 4.29. The summed E-state index contributed by atoms with van der Waals surface area (Å²) in [5, 5.41) is 3.36. The SMILES string of the molecule is C=C(Nc1ccc(C)cc1)c1ccc(-c2ccc(C)cc2)cc1. The molecule has 23 heavy (non-hydrogen) atoms. The summed E-state index contributed by atoms with van der Waals surface area (Å²) in [6, 6.07) is 25.4. The molecule has 0 fully saturated rings. The molecular formula is C22H21N. The Morgan fingerprint density at radius 3 is 1.61 bits per heavy atom. The van der Waals surface area contributed by atoms with Crippen LogP contribution in [-0.2, 0) is 0 Å². The minimum atomic E-state index is 0.907. The molecule has 3 aromatic rings. The van der Waals surface area contributed by atoms with Crippen LogP contribution >= 0.6 is 0 Å². The standard InChI is InChI=1S/C22H21N/c1-16-4-8-20(9-5-16)21-12-10-19(11-13-21)18(3)23-22-14-6-17(2)7-15-22/h4-15,23H,3H2,1-2H3. The molecule has 0 aliphatic carbocycles. The lowest BCUT2D eigenvalue weighted by molar-refractivity contribution is 1.45. The van der Waals surface area contributed by atoms with Crippen LogP contribution in [0.4, 0.5) is 5.69 Å². The molecule has 0 aliphatic rings. The fraction of sp³-hybridized carbons (Fsp3) is 0.0909. The van der Waals surface area contributed by atoms with Gasteiger partial charge in [0.1, 0.15) is 0 Å². The zero-order chi connectivity index (χ0) is 16.2. The molecule has 0 spiro atoms. The van der Waals surface area contributed by atoms with E-state index < -0.39 is 0 Å². The smallest absolute Gasteiger partial charge is 0.0384 e. The van der Waals surface area contributed by atoms with Crippen LogP contribution in [0.5, 0.6) is 0 Å². The largest absolute Gasteiger partial charge is 0.356 e. The van der Waals surface area contributed by atoms with Crippen molar-refractivity contribution in [2.24, 2.45) is 0 Å². The second-order valence-corrected chi connectivity index (χ2v) is 5.91. The van der Waals surface area contributed by atoms with Gasteiger partial charge in [-0.3, -0.25) is 0 Å².